The number of hydrogen-bond donors (Lipinski definition) is 1. The van der Waals surface area contributed by atoms with Gasteiger partial charge < -0.3 is 5.32 Å². The Morgan fingerprint density at radius 3 is 2.65 bits per heavy atom. The number of fused-ring (bicyclic) bond motifs is 2. The van der Waals surface area contributed by atoms with Crippen molar-refractivity contribution < 1.29 is 4.79 Å². The Morgan fingerprint density at radius 2 is 1.81 bits per heavy atom. The minimum atomic E-state index is -0.0789. The molecule has 4 aromatic rings. The van der Waals surface area contributed by atoms with Crippen LogP contribution in [0.3, 0.4) is 0 Å². The first kappa shape index (κ1) is 19.7. The Morgan fingerprint density at radius 1 is 1.00 bits per heavy atom. The van der Waals surface area contributed by atoms with Crippen LogP contribution in [0.25, 0.3) is 22.3 Å². The van der Waals surface area contributed by atoms with E-state index in [9.17, 15) is 4.79 Å². The molecule has 1 amide bonds. The number of halogens is 1. The summed E-state index contributed by atoms with van der Waals surface area (Å²) in [6.45, 7) is 1.93. The molecule has 0 fully saturated rings. The van der Waals surface area contributed by atoms with E-state index in [2.05, 4.69) is 23.5 Å². The SMILES string of the molecule is Cc1nc2cc(C(=O)NC3CCCc4ccccc43)ccc2nc1-c1ccc(Cl)cc1. The quantitative estimate of drug-likeness (QED) is 0.432. The summed E-state index contributed by atoms with van der Waals surface area (Å²) >= 11 is 6.00. The number of benzene rings is 3. The summed E-state index contributed by atoms with van der Waals surface area (Å²) in [5.41, 5.74) is 7.23. The summed E-state index contributed by atoms with van der Waals surface area (Å²) in [5.74, 6) is -0.0789. The lowest BCUT2D eigenvalue weighted by molar-refractivity contribution is 0.0933. The van der Waals surface area contributed by atoms with E-state index in [0.717, 1.165) is 41.7 Å². The van der Waals surface area contributed by atoms with Gasteiger partial charge in [-0.25, -0.2) is 9.97 Å². The maximum Gasteiger partial charge on any atom is 0.251 e. The molecular weight excluding hydrogens is 406 g/mol. The first-order valence-corrected chi connectivity index (χ1v) is 10.9. The van der Waals surface area contributed by atoms with Gasteiger partial charge in [0.25, 0.3) is 5.91 Å². The number of nitrogens with zero attached hydrogens (tertiary/aromatic N) is 2. The topological polar surface area (TPSA) is 54.9 Å². The molecule has 0 saturated carbocycles. The third kappa shape index (κ3) is 3.91. The fourth-order valence-corrected chi connectivity index (χ4v) is 4.44. The molecule has 1 aliphatic rings. The van der Waals surface area contributed by atoms with Gasteiger partial charge in [-0.2, -0.15) is 0 Å². The molecule has 0 aliphatic heterocycles. The van der Waals surface area contributed by atoms with Crippen LogP contribution in [0.4, 0.5) is 0 Å². The third-order valence-corrected chi connectivity index (χ3v) is 6.15. The minimum Gasteiger partial charge on any atom is -0.345 e. The Kier molecular flexibility index (Phi) is 5.16. The van der Waals surface area contributed by atoms with E-state index in [0.29, 0.717) is 16.1 Å². The Bertz CT molecular complexity index is 1280. The Labute approximate surface area is 186 Å². The molecule has 1 aliphatic carbocycles. The van der Waals surface area contributed by atoms with E-state index in [-0.39, 0.29) is 11.9 Å². The van der Waals surface area contributed by atoms with Gasteiger partial charge in [0.1, 0.15) is 0 Å². The van der Waals surface area contributed by atoms with Crippen molar-refractivity contribution in [1.29, 1.82) is 0 Å². The number of carbonyl (C=O) groups excluding carboxylic acids is 1. The number of hydrogen-bond acceptors (Lipinski definition) is 3. The molecular formula is C26H22ClN3O. The first-order valence-electron chi connectivity index (χ1n) is 10.5. The van der Waals surface area contributed by atoms with Crippen molar-refractivity contribution in [3.63, 3.8) is 0 Å². The van der Waals surface area contributed by atoms with Gasteiger partial charge in [0, 0.05) is 16.1 Å². The standard InChI is InChI=1S/C26H22ClN3O/c1-16-25(18-9-12-20(27)13-10-18)29-23-14-11-19(15-24(23)28-16)26(31)30-22-8-4-6-17-5-2-3-7-21(17)22/h2-3,5,7,9-15,22H,4,6,8H2,1H3,(H,30,31). The largest absolute Gasteiger partial charge is 0.345 e. The van der Waals surface area contributed by atoms with Crippen molar-refractivity contribution >= 4 is 28.5 Å². The van der Waals surface area contributed by atoms with Gasteiger partial charge in [0.2, 0.25) is 0 Å². The highest BCUT2D eigenvalue weighted by Crippen LogP contribution is 2.30. The molecule has 1 aromatic heterocycles. The van der Waals surface area contributed by atoms with Crippen molar-refractivity contribution in [2.45, 2.75) is 32.2 Å². The van der Waals surface area contributed by atoms with Crippen LogP contribution in [0.2, 0.25) is 5.02 Å². The van der Waals surface area contributed by atoms with Crippen LogP contribution < -0.4 is 5.32 Å². The summed E-state index contributed by atoms with van der Waals surface area (Å²) in [4.78, 5) is 22.5. The molecule has 4 nitrogen and oxygen atoms in total. The van der Waals surface area contributed by atoms with Crippen molar-refractivity contribution in [2.75, 3.05) is 0 Å². The van der Waals surface area contributed by atoms with Gasteiger partial charge in [0.15, 0.2) is 0 Å². The zero-order valence-corrected chi connectivity index (χ0v) is 18.0. The average Bonchev–Trinajstić information content (AvgIpc) is 2.79. The summed E-state index contributed by atoms with van der Waals surface area (Å²) < 4.78 is 0. The summed E-state index contributed by atoms with van der Waals surface area (Å²) in [6.07, 6.45) is 3.11. The highest BCUT2D eigenvalue weighted by atomic mass is 35.5. The smallest absolute Gasteiger partial charge is 0.251 e. The number of aryl methyl sites for hydroxylation is 2. The predicted molar refractivity (Wildman–Crippen MR) is 124 cm³/mol. The van der Waals surface area contributed by atoms with Crippen LogP contribution in [0.5, 0.6) is 0 Å². The van der Waals surface area contributed by atoms with Crippen molar-refractivity contribution in [3.05, 3.63) is 94.1 Å². The molecule has 5 rings (SSSR count). The fraction of sp³-hybridized carbons (Fsp3) is 0.192. The van der Waals surface area contributed by atoms with E-state index in [1.54, 1.807) is 0 Å². The van der Waals surface area contributed by atoms with E-state index in [4.69, 9.17) is 21.6 Å². The van der Waals surface area contributed by atoms with Crippen molar-refractivity contribution in [1.82, 2.24) is 15.3 Å². The van der Waals surface area contributed by atoms with Gasteiger partial charge in [-0.3, -0.25) is 4.79 Å². The monoisotopic (exact) mass is 427 g/mol. The van der Waals surface area contributed by atoms with Crippen LogP contribution in [0.1, 0.15) is 46.1 Å². The van der Waals surface area contributed by atoms with Crippen molar-refractivity contribution in [3.8, 4) is 11.3 Å². The predicted octanol–water partition coefficient (Wildman–Crippen LogP) is 6.07. The minimum absolute atomic E-state index is 0.0493. The fourth-order valence-electron chi connectivity index (χ4n) is 4.31. The zero-order valence-electron chi connectivity index (χ0n) is 17.2. The van der Waals surface area contributed by atoms with Crippen LogP contribution in [-0.2, 0) is 6.42 Å². The van der Waals surface area contributed by atoms with Gasteiger partial charge in [-0.05, 0) is 67.6 Å². The third-order valence-electron chi connectivity index (χ3n) is 5.89. The van der Waals surface area contributed by atoms with Gasteiger partial charge in [-0.1, -0.05) is 48.0 Å². The van der Waals surface area contributed by atoms with Crippen molar-refractivity contribution in [2.24, 2.45) is 0 Å². The maximum atomic E-state index is 13.0. The molecule has 1 unspecified atom stereocenters. The molecule has 1 atom stereocenters. The Balaban J connectivity index is 1.43. The van der Waals surface area contributed by atoms with Crippen LogP contribution >= 0.6 is 11.6 Å². The molecule has 5 heteroatoms. The van der Waals surface area contributed by atoms with E-state index >= 15 is 0 Å². The van der Waals surface area contributed by atoms with Gasteiger partial charge in [0.05, 0.1) is 28.5 Å². The first-order chi connectivity index (χ1) is 15.1. The summed E-state index contributed by atoms with van der Waals surface area (Å²) in [7, 11) is 0. The number of nitrogens with one attached hydrogen (secondary N) is 1. The van der Waals surface area contributed by atoms with E-state index < -0.39 is 0 Å². The lowest BCUT2D eigenvalue weighted by Gasteiger charge is -2.26. The molecule has 154 valence electrons. The molecule has 0 saturated heterocycles. The molecule has 3 aromatic carbocycles. The molecule has 1 heterocycles. The van der Waals surface area contributed by atoms with Crippen LogP contribution in [0.15, 0.2) is 66.7 Å². The molecule has 0 spiro atoms. The second-order valence-electron chi connectivity index (χ2n) is 7.99. The zero-order chi connectivity index (χ0) is 21.4. The summed E-state index contributed by atoms with van der Waals surface area (Å²) in [5, 5.41) is 3.90. The number of rotatable bonds is 3. The van der Waals surface area contributed by atoms with E-state index in [1.807, 2.05) is 55.5 Å². The second kappa shape index (κ2) is 8.12. The number of aromatic nitrogens is 2. The number of amides is 1. The highest BCUT2D eigenvalue weighted by molar-refractivity contribution is 6.30. The molecule has 1 N–H and O–H groups in total. The lowest BCUT2D eigenvalue weighted by atomic mass is 9.87. The maximum absolute atomic E-state index is 13.0. The Hall–Kier alpha value is -3.24. The normalized spacial score (nSPS) is 15.5. The number of carbonyl (C=O) groups is 1. The van der Waals surface area contributed by atoms with Gasteiger partial charge in [-0.15, -0.1) is 0 Å². The average molecular weight is 428 g/mol. The second-order valence-corrected chi connectivity index (χ2v) is 8.42. The highest BCUT2D eigenvalue weighted by Gasteiger charge is 2.22. The molecule has 0 radical (unpaired) electrons. The molecule has 31 heavy (non-hydrogen) atoms. The summed E-state index contributed by atoms with van der Waals surface area (Å²) in [6, 6.07) is 21.5. The van der Waals surface area contributed by atoms with E-state index in [1.165, 1.54) is 11.1 Å². The lowest BCUT2D eigenvalue weighted by Crippen LogP contribution is -2.30. The van der Waals surface area contributed by atoms with Crippen LogP contribution in [-0.4, -0.2) is 15.9 Å². The van der Waals surface area contributed by atoms with Gasteiger partial charge >= 0.3 is 0 Å². The van der Waals surface area contributed by atoms with Crippen LogP contribution in [0, 0.1) is 6.92 Å². The molecule has 0 bridgehead atoms.